The van der Waals surface area contributed by atoms with Gasteiger partial charge in [0.1, 0.15) is 17.3 Å². The van der Waals surface area contributed by atoms with Crippen LogP contribution in [0.5, 0.6) is 11.5 Å². The fourth-order valence-electron chi connectivity index (χ4n) is 3.52. The number of aromatic nitrogens is 3. The summed E-state index contributed by atoms with van der Waals surface area (Å²) in [5.74, 6) is 2.72. The fourth-order valence-corrected chi connectivity index (χ4v) is 3.52. The average molecular weight is 391 g/mol. The van der Waals surface area contributed by atoms with Gasteiger partial charge in [0.05, 0.1) is 19.9 Å². The highest BCUT2D eigenvalue weighted by Crippen LogP contribution is 2.30. The summed E-state index contributed by atoms with van der Waals surface area (Å²) >= 11 is 0. The molecular weight excluding hydrogens is 366 g/mol. The molecule has 2 heterocycles. The maximum absolute atomic E-state index is 5.37. The van der Waals surface area contributed by atoms with Crippen LogP contribution < -0.4 is 20.1 Å². The zero-order valence-electron chi connectivity index (χ0n) is 16.7. The van der Waals surface area contributed by atoms with Gasteiger partial charge in [-0.1, -0.05) is 12.8 Å². The number of ether oxygens (including phenoxy) is 2. The number of nitrogens with one attached hydrogen (secondary N) is 2. The molecule has 1 aromatic carbocycles. The van der Waals surface area contributed by atoms with Crippen molar-refractivity contribution in [3.05, 3.63) is 48.8 Å². The third kappa shape index (κ3) is 4.74. The highest BCUT2D eigenvalue weighted by atomic mass is 16.5. The van der Waals surface area contributed by atoms with E-state index in [0.29, 0.717) is 29.3 Å². The average Bonchev–Trinajstić information content (AvgIpc) is 3.27. The van der Waals surface area contributed by atoms with Crippen molar-refractivity contribution in [2.24, 2.45) is 0 Å². The van der Waals surface area contributed by atoms with Gasteiger partial charge in [-0.2, -0.15) is 4.98 Å². The standard InChI is InChI=1S/C22H25N5O2/c1-28-18-10-17(11-19(12-18)29-2)24-21-13-20(15-6-5-9-23-14-15)26-22(27-21)25-16-7-3-4-8-16/h5-6,9-14,16H,3-4,7-8H2,1-2H3,(H2,24,25,26,27). The van der Waals surface area contributed by atoms with E-state index < -0.39 is 0 Å². The Morgan fingerprint density at radius 2 is 1.72 bits per heavy atom. The van der Waals surface area contributed by atoms with Gasteiger partial charge >= 0.3 is 0 Å². The quantitative estimate of drug-likeness (QED) is 0.606. The van der Waals surface area contributed by atoms with E-state index in [4.69, 9.17) is 19.4 Å². The summed E-state index contributed by atoms with van der Waals surface area (Å²) in [6.07, 6.45) is 8.35. The van der Waals surface area contributed by atoms with Crippen molar-refractivity contribution >= 4 is 17.5 Å². The molecule has 7 nitrogen and oxygen atoms in total. The molecule has 29 heavy (non-hydrogen) atoms. The summed E-state index contributed by atoms with van der Waals surface area (Å²) in [6.45, 7) is 0. The molecule has 0 amide bonds. The lowest BCUT2D eigenvalue weighted by Crippen LogP contribution is -2.17. The summed E-state index contributed by atoms with van der Waals surface area (Å²) in [5, 5.41) is 6.85. The first kappa shape index (κ1) is 19.0. The number of hydrogen-bond acceptors (Lipinski definition) is 7. The second kappa shape index (κ2) is 8.77. The van der Waals surface area contributed by atoms with Gasteiger partial charge in [-0.3, -0.25) is 4.98 Å². The van der Waals surface area contributed by atoms with Gasteiger partial charge < -0.3 is 20.1 Å². The molecule has 1 saturated carbocycles. The van der Waals surface area contributed by atoms with Crippen molar-refractivity contribution in [1.82, 2.24) is 15.0 Å². The zero-order chi connectivity index (χ0) is 20.1. The number of nitrogens with zero attached hydrogens (tertiary/aromatic N) is 3. The van der Waals surface area contributed by atoms with Gasteiger partial charge in [0.15, 0.2) is 0 Å². The molecule has 3 aromatic rings. The van der Waals surface area contributed by atoms with Crippen LogP contribution in [0.2, 0.25) is 0 Å². The minimum absolute atomic E-state index is 0.420. The number of hydrogen-bond donors (Lipinski definition) is 2. The molecule has 7 heteroatoms. The molecule has 1 aliphatic rings. The van der Waals surface area contributed by atoms with Crippen LogP contribution in [0.1, 0.15) is 25.7 Å². The van der Waals surface area contributed by atoms with E-state index in [1.807, 2.05) is 36.4 Å². The Labute approximate surface area is 170 Å². The third-order valence-electron chi connectivity index (χ3n) is 5.00. The van der Waals surface area contributed by atoms with Crippen molar-refractivity contribution in [1.29, 1.82) is 0 Å². The minimum atomic E-state index is 0.420. The lowest BCUT2D eigenvalue weighted by Gasteiger charge is -2.15. The second-order valence-electron chi connectivity index (χ2n) is 7.06. The number of methoxy groups -OCH3 is 2. The summed E-state index contributed by atoms with van der Waals surface area (Å²) < 4.78 is 10.7. The van der Waals surface area contributed by atoms with Crippen molar-refractivity contribution in [3.8, 4) is 22.8 Å². The van der Waals surface area contributed by atoms with Crippen LogP contribution in [0.3, 0.4) is 0 Å². The number of anilines is 3. The predicted molar refractivity (Wildman–Crippen MR) is 114 cm³/mol. The Morgan fingerprint density at radius 3 is 2.38 bits per heavy atom. The van der Waals surface area contributed by atoms with Crippen molar-refractivity contribution in [2.45, 2.75) is 31.7 Å². The van der Waals surface area contributed by atoms with Crippen LogP contribution in [0.25, 0.3) is 11.3 Å². The van der Waals surface area contributed by atoms with Crippen LogP contribution in [0, 0.1) is 0 Å². The molecule has 0 unspecified atom stereocenters. The Bertz CT molecular complexity index is 936. The van der Waals surface area contributed by atoms with Crippen molar-refractivity contribution in [3.63, 3.8) is 0 Å². The van der Waals surface area contributed by atoms with E-state index in [2.05, 4.69) is 15.6 Å². The van der Waals surface area contributed by atoms with E-state index >= 15 is 0 Å². The number of rotatable bonds is 7. The van der Waals surface area contributed by atoms with Crippen LogP contribution in [0.4, 0.5) is 17.5 Å². The largest absolute Gasteiger partial charge is 0.497 e. The molecule has 0 spiro atoms. The van der Waals surface area contributed by atoms with Gasteiger partial charge in [0.2, 0.25) is 5.95 Å². The molecule has 1 aliphatic carbocycles. The molecule has 0 radical (unpaired) electrons. The Balaban J connectivity index is 1.68. The van der Waals surface area contributed by atoms with Gasteiger partial charge in [0, 0.05) is 54.0 Å². The van der Waals surface area contributed by atoms with Crippen LogP contribution in [0.15, 0.2) is 48.8 Å². The Hall–Kier alpha value is -3.35. The van der Waals surface area contributed by atoms with Gasteiger partial charge in [-0.05, 0) is 25.0 Å². The van der Waals surface area contributed by atoms with E-state index in [1.54, 1.807) is 26.6 Å². The number of benzene rings is 1. The third-order valence-corrected chi connectivity index (χ3v) is 5.00. The zero-order valence-corrected chi connectivity index (χ0v) is 16.7. The van der Waals surface area contributed by atoms with Crippen LogP contribution >= 0.6 is 0 Å². The Kier molecular flexibility index (Phi) is 5.74. The summed E-state index contributed by atoms with van der Waals surface area (Å²) in [6, 6.07) is 11.9. The summed E-state index contributed by atoms with van der Waals surface area (Å²) in [4.78, 5) is 13.6. The van der Waals surface area contributed by atoms with Gasteiger partial charge in [-0.25, -0.2) is 4.98 Å². The highest BCUT2D eigenvalue weighted by molar-refractivity contribution is 5.68. The van der Waals surface area contributed by atoms with Crippen LogP contribution in [-0.2, 0) is 0 Å². The van der Waals surface area contributed by atoms with Gasteiger partial charge in [0.25, 0.3) is 0 Å². The van der Waals surface area contributed by atoms with Crippen molar-refractivity contribution < 1.29 is 9.47 Å². The fraction of sp³-hybridized carbons (Fsp3) is 0.318. The molecule has 150 valence electrons. The lowest BCUT2D eigenvalue weighted by molar-refractivity contribution is 0.395. The normalized spacial score (nSPS) is 13.9. The number of pyridine rings is 1. The molecule has 4 rings (SSSR count). The molecule has 0 atom stereocenters. The molecule has 1 fully saturated rings. The Morgan fingerprint density at radius 1 is 0.966 bits per heavy atom. The first-order valence-electron chi connectivity index (χ1n) is 9.79. The molecule has 2 N–H and O–H groups in total. The monoisotopic (exact) mass is 391 g/mol. The predicted octanol–water partition coefficient (Wildman–Crippen LogP) is 4.65. The van der Waals surface area contributed by atoms with Gasteiger partial charge in [-0.15, -0.1) is 0 Å². The first-order chi connectivity index (χ1) is 14.2. The molecule has 2 aromatic heterocycles. The maximum atomic E-state index is 5.37. The molecular formula is C22H25N5O2. The second-order valence-corrected chi connectivity index (χ2v) is 7.06. The highest BCUT2D eigenvalue weighted by Gasteiger charge is 2.17. The van der Waals surface area contributed by atoms with E-state index in [-0.39, 0.29) is 0 Å². The molecule has 0 bridgehead atoms. The van der Waals surface area contributed by atoms with Crippen LogP contribution in [-0.4, -0.2) is 35.2 Å². The lowest BCUT2D eigenvalue weighted by atomic mass is 10.2. The SMILES string of the molecule is COc1cc(Nc2cc(-c3cccnc3)nc(NC3CCCC3)n2)cc(OC)c1. The topological polar surface area (TPSA) is 81.2 Å². The van der Waals surface area contributed by atoms with E-state index in [9.17, 15) is 0 Å². The molecule has 0 aliphatic heterocycles. The van der Waals surface area contributed by atoms with Crippen molar-refractivity contribution in [2.75, 3.05) is 24.9 Å². The smallest absolute Gasteiger partial charge is 0.225 e. The molecule has 0 saturated heterocycles. The van der Waals surface area contributed by atoms with E-state index in [1.165, 1.54) is 12.8 Å². The summed E-state index contributed by atoms with van der Waals surface area (Å²) in [5.41, 5.74) is 2.57. The first-order valence-corrected chi connectivity index (χ1v) is 9.79. The summed E-state index contributed by atoms with van der Waals surface area (Å²) in [7, 11) is 3.26. The minimum Gasteiger partial charge on any atom is -0.497 e. The maximum Gasteiger partial charge on any atom is 0.225 e. The van der Waals surface area contributed by atoms with E-state index in [0.717, 1.165) is 29.8 Å².